The van der Waals surface area contributed by atoms with Gasteiger partial charge in [0.2, 0.25) is 0 Å². The Labute approximate surface area is 115 Å². The highest BCUT2D eigenvalue weighted by molar-refractivity contribution is 6.06. The van der Waals surface area contributed by atoms with Crippen molar-refractivity contribution in [2.24, 2.45) is 0 Å². The number of hydrogen-bond donors (Lipinski definition) is 1. The van der Waals surface area contributed by atoms with Crippen LogP contribution >= 0.6 is 0 Å². The molecule has 0 aliphatic heterocycles. The summed E-state index contributed by atoms with van der Waals surface area (Å²) in [6.45, 7) is 1.99. The summed E-state index contributed by atoms with van der Waals surface area (Å²) < 4.78 is 4.94. The minimum Gasteiger partial charge on any atom is -0.462 e. The van der Waals surface area contributed by atoms with Gasteiger partial charge in [0, 0.05) is 12.4 Å². The van der Waals surface area contributed by atoms with Gasteiger partial charge in [0.1, 0.15) is 5.69 Å². The number of benzene rings is 1. The van der Waals surface area contributed by atoms with Gasteiger partial charge < -0.3 is 10.1 Å². The fourth-order valence-electron chi connectivity index (χ4n) is 1.58. The monoisotopic (exact) mass is 271 g/mol. The molecule has 0 bridgehead atoms. The molecule has 1 amide bonds. The molecule has 2 aromatic rings. The first kappa shape index (κ1) is 13.7. The van der Waals surface area contributed by atoms with E-state index in [1.807, 2.05) is 0 Å². The summed E-state index contributed by atoms with van der Waals surface area (Å²) in [6.07, 6.45) is 4.25. The second kappa shape index (κ2) is 6.42. The molecule has 2 rings (SSSR count). The van der Waals surface area contributed by atoms with E-state index in [1.165, 1.54) is 18.6 Å². The number of rotatable bonds is 4. The smallest absolute Gasteiger partial charge is 0.340 e. The third-order valence-corrected chi connectivity index (χ3v) is 2.47. The fraction of sp³-hybridized carbons (Fsp3) is 0.143. The van der Waals surface area contributed by atoms with E-state index in [-0.39, 0.29) is 12.3 Å². The molecule has 0 radical (unpaired) electrons. The summed E-state index contributed by atoms with van der Waals surface area (Å²) in [6, 6.07) is 6.63. The number of aromatic nitrogens is 2. The van der Waals surface area contributed by atoms with Crippen molar-refractivity contribution in [3.05, 3.63) is 54.1 Å². The molecule has 6 nitrogen and oxygen atoms in total. The van der Waals surface area contributed by atoms with E-state index in [2.05, 4.69) is 15.3 Å². The Morgan fingerprint density at radius 3 is 2.75 bits per heavy atom. The summed E-state index contributed by atoms with van der Waals surface area (Å²) >= 11 is 0. The number of nitrogens with zero attached hydrogens (tertiary/aromatic N) is 2. The third-order valence-electron chi connectivity index (χ3n) is 2.47. The standard InChI is InChI=1S/C14H13N3O3/c1-2-20-14(19)10-5-3-4-6-11(10)17-13(18)12-9-15-7-8-16-12/h3-9H,2H2,1H3,(H,17,18). The van der Waals surface area contributed by atoms with E-state index in [4.69, 9.17) is 4.74 Å². The van der Waals surface area contributed by atoms with E-state index in [0.29, 0.717) is 11.3 Å². The second-order valence-electron chi connectivity index (χ2n) is 3.81. The molecule has 0 saturated heterocycles. The number of nitrogens with one attached hydrogen (secondary N) is 1. The molecular weight excluding hydrogens is 258 g/mol. The second-order valence-corrected chi connectivity index (χ2v) is 3.81. The van der Waals surface area contributed by atoms with E-state index >= 15 is 0 Å². The van der Waals surface area contributed by atoms with Gasteiger partial charge in [-0.1, -0.05) is 12.1 Å². The Morgan fingerprint density at radius 2 is 2.05 bits per heavy atom. The molecule has 1 N–H and O–H groups in total. The van der Waals surface area contributed by atoms with Crippen molar-refractivity contribution in [1.29, 1.82) is 0 Å². The largest absolute Gasteiger partial charge is 0.462 e. The van der Waals surface area contributed by atoms with Gasteiger partial charge in [0.05, 0.1) is 24.1 Å². The topological polar surface area (TPSA) is 81.2 Å². The minimum atomic E-state index is -0.484. The lowest BCUT2D eigenvalue weighted by Crippen LogP contribution is -2.17. The fourth-order valence-corrected chi connectivity index (χ4v) is 1.58. The predicted molar refractivity (Wildman–Crippen MR) is 72.4 cm³/mol. The van der Waals surface area contributed by atoms with Gasteiger partial charge in [-0.05, 0) is 19.1 Å². The Hall–Kier alpha value is -2.76. The molecule has 1 aromatic carbocycles. The number of esters is 1. The van der Waals surface area contributed by atoms with Gasteiger partial charge in [-0.3, -0.25) is 9.78 Å². The van der Waals surface area contributed by atoms with Crippen molar-refractivity contribution in [2.75, 3.05) is 11.9 Å². The lowest BCUT2D eigenvalue weighted by molar-refractivity contribution is 0.0527. The number of carbonyl (C=O) groups is 2. The molecule has 0 atom stereocenters. The highest BCUT2D eigenvalue weighted by Crippen LogP contribution is 2.16. The highest BCUT2D eigenvalue weighted by Gasteiger charge is 2.15. The van der Waals surface area contributed by atoms with Crippen LogP contribution in [0.5, 0.6) is 0 Å². The van der Waals surface area contributed by atoms with Gasteiger partial charge >= 0.3 is 5.97 Å². The summed E-state index contributed by atoms with van der Waals surface area (Å²) in [5.41, 5.74) is 0.847. The van der Waals surface area contributed by atoms with Crippen LogP contribution in [0, 0.1) is 0 Å². The number of hydrogen-bond acceptors (Lipinski definition) is 5. The van der Waals surface area contributed by atoms with Crippen LogP contribution in [0.25, 0.3) is 0 Å². The quantitative estimate of drug-likeness (QED) is 0.859. The van der Waals surface area contributed by atoms with Crippen molar-refractivity contribution in [3.8, 4) is 0 Å². The van der Waals surface area contributed by atoms with Gasteiger partial charge in [0.15, 0.2) is 0 Å². The maximum absolute atomic E-state index is 12.0. The molecule has 0 fully saturated rings. The number of para-hydroxylation sites is 1. The first-order valence-electron chi connectivity index (χ1n) is 6.06. The zero-order valence-corrected chi connectivity index (χ0v) is 10.9. The zero-order valence-electron chi connectivity index (χ0n) is 10.9. The normalized spacial score (nSPS) is 9.85. The molecule has 20 heavy (non-hydrogen) atoms. The zero-order chi connectivity index (χ0) is 14.4. The number of amides is 1. The van der Waals surface area contributed by atoms with Crippen molar-refractivity contribution in [3.63, 3.8) is 0 Å². The van der Waals surface area contributed by atoms with Crippen LogP contribution in [0.2, 0.25) is 0 Å². The van der Waals surface area contributed by atoms with E-state index < -0.39 is 11.9 Å². The number of carbonyl (C=O) groups excluding carboxylic acids is 2. The van der Waals surface area contributed by atoms with Gasteiger partial charge in [-0.2, -0.15) is 0 Å². The molecule has 6 heteroatoms. The van der Waals surface area contributed by atoms with Crippen molar-refractivity contribution in [1.82, 2.24) is 9.97 Å². The van der Waals surface area contributed by atoms with Gasteiger partial charge in [0.25, 0.3) is 5.91 Å². The molecule has 1 aromatic heterocycles. The van der Waals surface area contributed by atoms with E-state index in [9.17, 15) is 9.59 Å². The summed E-state index contributed by atoms with van der Waals surface area (Å²) in [7, 11) is 0. The molecule has 0 unspecified atom stereocenters. The summed E-state index contributed by atoms with van der Waals surface area (Å²) in [5.74, 6) is -0.919. The maximum atomic E-state index is 12.0. The van der Waals surface area contributed by atoms with Gasteiger partial charge in [-0.15, -0.1) is 0 Å². The number of anilines is 1. The predicted octanol–water partition coefficient (Wildman–Crippen LogP) is 1.91. The average molecular weight is 271 g/mol. The van der Waals surface area contributed by atoms with Crippen molar-refractivity contribution in [2.45, 2.75) is 6.92 Å². The van der Waals surface area contributed by atoms with Crippen LogP contribution < -0.4 is 5.32 Å². The molecule has 102 valence electrons. The Morgan fingerprint density at radius 1 is 1.25 bits per heavy atom. The van der Waals surface area contributed by atoms with E-state index in [1.54, 1.807) is 31.2 Å². The van der Waals surface area contributed by atoms with Crippen LogP contribution in [-0.2, 0) is 4.74 Å². The average Bonchev–Trinajstić information content (AvgIpc) is 2.49. The van der Waals surface area contributed by atoms with Crippen LogP contribution in [0.3, 0.4) is 0 Å². The van der Waals surface area contributed by atoms with Crippen molar-refractivity contribution < 1.29 is 14.3 Å². The SMILES string of the molecule is CCOC(=O)c1ccccc1NC(=O)c1cnccn1. The lowest BCUT2D eigenvalue weighted by Gasteiger charge is -2.09. The Kier molecular flexibility index (Phi) is 4.39. The first-order chi connectivity index (χ1) is 9.72. The van der Waals surface area contributed by atoms with Crippen LogP contribution in [0.4, 0.5) is 5.69 Å². The highest BCUT2D eigenvalue weighted by atomic mass is 16.5. The van der Waals surface area contributed by atoms with E-state index in [0.717, 1.165) is 0 Å². The van der Waals surface area contributed by atoms with Gasteiger partial charge in [-0.25, -0.2) is 9.78 Å². The maximum Gasteiger partial charge on any atom is 0.340 e. The summed E-state index contributed by atoms with van der Waals surface area (Å²) in [4.78, 5) is 31.5. The van der Waals surface area contributed by atoms with Crippen molar-refractivity contribution >= 4 is 17.6 Å². The van der Waals surface area contributed by atoms with Crippen LogP contribution in [0.1, 0.15) is 27.8 Å². The molecule has 0 aliphatic rings. The van der Waals surface area contributed by atoms with Crippen LogP contribution in [0.15, 0.2) is 42.9 Å². The molecular formula is C14H13N3O3. The molecule has 0 aliphatic carbocycles. The minimum absolute atomic E-state index is 0.172. The summed E-state index contributed by atoms with van der Waals surface area (Å²) in [5, 5.41) is 2.62. The molecule has 0 spiro atoms. The molecule has 1 heterocycles. The van der Waals surface area contributed by atoms with Crippen LogP contribution in [-0.4, -0.2) is 28.5 Å². The Balaban J connectivity index is 2.21. The number of ether oxygens (including phenoxy) is 1. The third kappa shape index (κ3) is 3.17. The molecule has 0 saturated carbocycles. The lowest BCUT2D eigenvalue weighted by atomic mass is 10.1. The first-order valence-corrected chi connectivity index (χ1v) is 6.06. The Bertz CT molecular complexity index is 614.